The maximum atomic E-state index is 13.7. The van der Waals surface area contributed by atoms with Gasteiger partial charge in [-0.15, -0.1) is 0 Å². The number of nitrogens with zero attached hydrogens (tertiary/aromatic N) is 2. The number of rotatable bonds is 7. The summed E-state index contributed by atoms with van der Waals surface area (Å²) in [6.07, 6.45) is 9.76. The molecule has 1 heterocycles. The quantitative estimate of drug-likeness (QED) is 0.464. The van der Waals surface area contributed by atoms with E-state index in [1.807, 2.05) is 26.2 Å². The number of amides is 1. The van der Waals surface area contributed by atoms with Crippen LogP contribution >= 0.6 is 0 Å². The average molecular weight is 465 g/mol. The van der Waals surface area contributed by atoms with Crippen molar-refractivity contribution in [1.29, 1.82) is 0 Å². The molecule has 0 unspecified atom stereocenters. The summed E-state index contributed by atoms with van der Waals surface area (Å²) in [7, 11) is 4.08. The van der Waals surface area contributed by atoms with Crippen molar-refractivity contribution in [2.24, 2.45) is 11.3 Å². The van der Waals surface area contributed by atoms with Gasteiger partial charge in [-0.25, -0.2) is 0 Å². The highest BCUT2D eigenvalue weighted by Gasteiger charge is 2.43. The molecule has 1 aromatic rings. The largest absolute Gasteiger partial charge is 0.357 e. The molecule has 2 N–H and O–H groups in total. The Balaban J connectivity index is 1.70. The van der Waals surface area contributed by atoms with Crippen molar-refractivity contribution in [3.05, 3.63) is 47.7 Å². The number of allylic oxidation sites excluding steroid dienone is 3. The van der Waals surface area contributed by atoms with E-state index in [9.17, 15) is 9.59 Å². The van der Waals surface area contributed by atoms with E-state index in [0.29, 0.717) is 18.9 Å². The standard InChI is InChI=1S/C28H40N4O2/c1-28(2)17-22-26(24(33)18-28)27(20-11-6-5-7-12-20)32(23-14-9-8-13-21(23)30-22)19-25(34)29-15-10-16-31(3)4/h5-6,8-9,13-14,20,27,30H,7,10-12,15-19H2,1-4H3,(H,29,34)/t20-,27-/m1/s1. The van der Waals surface area contributed by atoms with Crippen LogP contribution in [0, 0.1) is 11.3 Å². The van der Waals surface area contributed by atoms with E-state index < -0.39 is 0 Å². The third-order valence-corrected chi connectivity index (χ3v) is 7.22. The van der Waals surface area contributed by atoms with Crippen LogP contribution in [0.5, 0.6) is 0 Å². The van der Waals surface area contributed by atoms with Gasteiger partial charge in [0.15, 0.2) is 5.78 Å². The molecule has 1 aromatic carbocycles. The molecular weight excluding hydrogens is 424 g/mol. The molecule has 0 bridgehead atoms. The van der Waals surface area contributed by atoms with Gasteiger partial charge in [-0.2, -0.15) is 0 Å². The van der Waals surface area contributed by atoms with E-state index in [4.69, 9.17) is 0 Å². The zero-order valence-corrected chi connectivity index (χ0v) is 21.2. The van der Waals surface area contributed by atoms with Crippen LogP contribution in [0.4, 0.5) is 11.4 Å². The fourth-order valence-corrected chi connectivity index (χ4v) is 5.70. The Hall–Kier alpha value is -2.60. The number of anilines is 2. The first-order valence-electron chi connectivity index (χ1n) is 12.7. The molecule has 1 amide bonds. The first-order valence-corrected chi connectivity index (χ1v) is 12.7. The van der Waals surface area contributed by atoms with Gasteiger partial charge in [0.05, 0.1) is 24.0 Å². The molecule has 0 radical (unpaired) electrons. The Bertz CT molecular complexity index is 978. The van der Waals surface area contributed by atoms with E-state index in [1.54, 1.807) is 0 Å². The summed E-state index contributed by atoms with van der Waals surface area (Å²) in [6.45, 7) is 6.19. The monoisotopic (exact) mass is 464 g/mol. The number of Topliss-reactive ketones (excluding diaryl/α,β-unsaturated/α-hetero) is 1. The van der Waals surface area contributed by atoms with E-state index >= 15 is 0 Å². The lowest BCUT2D eigenvalue weighted by molar-refractivity contribution is -0.121. The maximum absolute atomic E-state index is 13.7. The van der Waals surface area contributed by atoms with Gasteiger partial charge < -0.3 is 20.4 Å². The van der Waals surface area contributed by atoms with Crippen LogP contribution in [-0.2, 0) is 9.59 Å². The molecule has 0 spiro atoms. The van der Waals surface area contributed by atoms with Gasteiger partial charge in [0.1, 0.15) is 0 Å². The van der Waals surface area contributed by atoms with Crippen molar-refractivity contribution in [3.8, 4) is 0 Å². The number of para-hydroxylation sites is 2. The van der Waals surface area contributed by atoms with Crippen molar-refractivity contribution in [3.63, 3.8) is 0 Å². The average Bonchev–Trinajstić information content (AvgIpc) is 2.91. The second-order valence-corrected chi connectivity index (χ2v) is 11.1. The van der Waals surface area contributed by atoms with Gasteiger partial charge in [-0.1, -0.05) is 38.1 Å². The van der Waals surface area contributed by atoms with E-state index in [0.717, 1.165) is 61.3 Å². The number of fused-ring (bicyclic) bond motifs is 1. The molecule has 3 aliphatic rings. The predicted octanol–water partition coefficient (Wildman–Crippen LogP) is 4.35. The number of ketones is 1. The molecule has 0 saturated carbocycles. The summed E-state index contributed by atoms with van der Waals surface area (Å²) in [5.41, 5.74) is 3.85. The predicted molar refractivity (Wildman–Crippen MR) is 139 cm³/mol. The van der Waals surface area contributed by atoms with Gasteiger partial charge in [-0.3, -0.25) is 9.59 Å². The van der Waals surface area contributed by atoms with Crippen LogP contribution in [0.2, 0.25) is 0 Å². The van der Waals surface area contributed by atoms with E-state index in [2.05, 4.69) is 58.6 Å². The Morgan fingerprint density at radius 3 is 2.74 bits per heavy atom. The minimum absolute atomic E-state index is 0.0116. The number of carbonyl (C=O) groups is 2. The molecule has 6 nitrogen and oxygen atoms in total. The Morgan fingerprint density at radius 1 is 1.21 bits per heavy atom. The lowest BCUT2D eigenvalue weighted by atomic mass is 9.71. The van der Waals surface area contributed by atoms with Crippen LogP contribution in [-0.4, -0.2) is 56.4 Å². The second-order valence-electron chi connectivity index (χ2n) is 11.1. The van der Waals surface area contributed by atoms with Crippen LogP contribution < -0.4 is 15.5 Å². The number of carbonyl (C=O) groups excluding carboxylic acids is 2. The highest BCUT2D eigenvalue weighted by Crippen LogP contribution is 2.46. The Morgan fingerprint density at radius 2 is 2.00 bits per heavy atom. The van der Waals surface area contributed by atoms with Crippen LogP contribution in [0.3, 0.4) is 0 Å². The SMILES string of the molecule is CN(C)CCCNC(=O)CN1c2ccccc2NC2=C(C(=O)CC(C)(C)C2)[C@H]1[C@@H]1CC=CCC1. The molecule has 0 aromatic heterocycles. The molecular formula is C28H40N4O2. The molecule has 0 saturated heterocycles. The summed E-state index contributed by atoms with van der Waals surface area (Å²) in [6, 6.07) is 8.09. The van der Waals surface area contributed by atoms with Crippen molar-refractivity contribution >= 4 is 23.1 Å². The van der Waals surface area contributed by atoms with Crippen molar-refractivity contribution in [2.45, 2.75) is 58.4 Å². The third kappa shape index (κ3) is 5.54. The van der Waals surface area contributed by atoms with Gasteiger partial charge in [0.2, 0.25) is 5.91 Å². The summed E-state index contributed by atoms with van der Waals surface area (Å²) in [5.74, 6) is 0.537. The first kappa shape index (κ1) is 24.5. The zero-order chi connectivity index (χ0) is 24.3. The van der Waals surface area contributed by atoms with Gasteiger partial charge in [0, 0.05) is 24.2 Å². The molecule has 34 heavy (non-hydrogen) atoms. The Labute approximate surface area is 204 Å². The van der Waals surface area contributed by atoms with Crippen molar-refractivity contribution in [1.82, 2.24) is 10.2 Å². The second kappa shape index (κ2) is 10.3. The number of nitrogens with one attached hydrogen (secondary N) is 2. The number of benzene rings is 1. The zero-order valence-electron chi connectivity index (χ0n) is 21.2. The molecule has 2 aliphatic carbocycles. The summed E-state index contributed by atoms with van der Waals surface area (Å²) < 4.78 is 0. The minimum atomic E-state index is -0.104. The van der Waals surface area contributed by atoms with Gasteiger partial charge in [0.25, 0.3) is 0 Å². The normalized spacial score (nSPS) is 23.8. The third-order valence-electron chi connectivity index (χ3n) is 7.22. The van der Waals surface area contributed by atoms with Crippen LogP contribution in [0.15, 0.2) is 47.7 Å². The molecule has 2 atom stereocenters. The smallest absolute Gasteiger partial charge is 0.239 e. The highest BCUT2D eigenvalue weighted by molar-refractivity contribution is 6.01. The maximum Gasteiger partial charge on any atom is 0.239 e. The molecule has 1 aliphatic heterocycles. The molecule has 6 heteroatoms. The van der Waals surface area contributed by atoms with Gasteiger partial charge >= 0.3 is 0 Å². The fourth-order valence-electron chi connectivity index (χ4n) is 5.70. The number of hydrogen-bond donors (Lipinski definition) is 2. The summed E-state index contributed by atoms with van der Waals surface area (Å²) in [5, 5.41) is 6.76. The lowest BCUT2D eigenvalue weighted by Gasteiger charge is -2.41. The van der Waals surface area contributed by atoms with Crippen LogP contribution in [0.25, 0.3) is 0 Å². The van der Waals surface area contributed by atoms with Crippen molar-refractivity contribution in [2.75, 3.05) is 43.9 Å². The molecule has 184 valence electrons. The first-order chi connectivity index (χ1) is 16.2. The lowest BCUT2D eigenvalue weighted by Crippen LogP contribution is -2.50. The van der Waals surface area contributed by atoms with Crippen LogP contribution in [0.1, 0.15) is 52.4 Å². The topological polar surface area (TPSA) is 64.7 Å². The summed E-state index contributed by atoms with van der Waals surface area (Å²) in [4.78, 5) is 31.1. The van der Waals surface area contributed by atoms with E-state index in [1.165, 1.54) is 0 Å². The fraction of sp³-hybridized carbons (Fsp3) is 0.571. The molecule has 4 rings (SSSR count). The summed E-state index contributed by atoms with van der Waals surface area (Å²) >= 11 is 0. The van der Waals surface area contributed by atoms with E-state index in [-0.39, 0.29) is 29.7 Å². The van der Waals surface area contributed by atoms with Crippen molar-refractivity contribution < 1.29 is 9.59 Å². The minimum Gasteiger partial charge on any atom is -0.357 e. The highest BCUT2D eigenvalue weighted by atomic mass is 16.2. The Kier molecular flexibility index (Phi) is 7.46. The molecule has 0 fully saturated rings. The van der Waals surface area contributed by atoms with Gasteiger partial charge in [-0.05, 0) is 76.2 Å². The number of hydrogen-bond acceptors (Lipinski definition) is 5.